The highest BCUT2D eigenvalue weighted by Gasteiger charge is 2.37. The van der Waals surface area contributed by atoms with Crippen LogP contribution in [0.3, 0.4) is 0 Å². The van der Waals surface area contributed by atoms with Crippen molar-refractivity contribution < 1.29 is 9.47 Å². The van der Waals surface area contributed by atoms with Gasteiger partial charge in [0.25, 0.3) is 0 Å². The maximum atomic E-state index is 5.60. The molecular formula is C8H15NO2. The molecule has 0 aromatic carbocycles. The Morgan fingerprint density at radius 2 is 2.18 bits per heavy atom. The first-order valence-corrected chi connectivity index (χ1v) is 4.39. The Kier molecular flexibility index (Phi) is 2.11. The van der Waals surface area contributed by atoms with Crippen molar-refractivity contribution in [3.05, 3.63) is 0 Å². The minimum Gasteiger partial charge on any atom is -0.353 e. The fourth-order valence-electron chi connectivity index (χ4n) is 1.36. The molecule has 2 aliphatic rings. The van der Waals surface area contributed by atoms with E-state index in [1.54, 1.807) is 0 Å². The van der Waals surface area contributed by atoms with Crippen LogP contribution < -0.4 is 5.73 Å². The molecule has 1 saturated heterocycles. The lowest BCUT2D eigenvalue weighted by molar-refractivity contribution is -0.169. The maximum Gasteiger partial charge on any atom is 0.158 e. The molecule has 0 amide bonds. The van der Waals surface area contributed by atoms with Gasteiger partial charge >= 0.3 is 0 Å². The number of hydrogen-bond donors (Lipinski definition) is 1. The normalized spacial score (nSPS) is 43.9. The van der Waals surface area contributed by atoms with Gasteiger partial charge in [0.1, 0.15) is 0 Å². The first-order valence-electron chi connectivity index (χ1n) is 4.39. The van der Waals surface area contributed by atoms with Crippen molar-refractivity contribution in [3.8, 4) is 0 Å². The first kappa shape index (κ1) is 7.53. The van der Waals surface area contributed by atoms with Gasteiger partial charge in [0, 0.05) is 12.6 Å². The highest BCUT2D eigenvalue weighted by molar-refractivity contribution is 4.92. The van der Waals surface area contributed by atoms with Gasteiger partial charge in [-0.15, -0.1) is 0 Å². The lowest BCUT2D eigenvalue weighted by Crippen LogP contribution is -2.25. The first-order chi connectivity index (χ1) is 5.36. The molecule has 2 rings (SSSR count). The molecule has 1 heterocycles. The van der Waals surface area contributed by atoms with Crippen molar-refractivity contribution in [2.45, 2.75) is 44.1 Å². The largest absolute Gasteiger partial charge is 0.353 e. The fraction of sp³-hybridized carbons (Fsp3) is 1.00. The van der Waals surface area contributed by atoms with Gasteiger partial charge in [-0.05, 0) is 25.7 Å². The van der Waals surface area contributed by atoms with E-state index in [1.807, 2.05) is 0 Å². The molecule has 11 heavy (non-hydrogen) atoms. The van der Waals surface area contributed by atoms with Crippen molar-refractivity contribution in [3.63, 3.8) is 0 Å². The van der Waals surface area contributed by atoms with Crippen LogP contribution in [0.4, 0.5) is 0 Å². The summed E-state index contributed by atoms with van der Waals surface area (Å²) in [6, 6.07) is 0.278. The zero-order chi connectivity index (χ0) is 7.68. The molecule has 0 unspecified atom stereocenters. The molecule has 0 aromatic rings. The lowest BCUT2D eigenvalue weighted by atomic mass is 10.2. The van der Waals surface area contributed by atoms with E-state index in [-0.39, 0.29) is 18.4 Å². The van der Waals surface area contributed by atoms with E-state index in [0.29, 0.717) is 0 Å². The van der Waals surface area contributed by atoms with Crippen LogP contribution in [0.25, 0.3) is 0 Å². The van der Waals surface area contributed by atoms with Gasteiger partial charge in [0.2, 0.25) is 0 Å². The lowest BCUT2D eigenvalue weighted by Gasteiger charge is -2.22. The summed E-state index contributed by atoms with van der Waals surface area (Å²) in [6.45, 7) is 0.854. The molecule has 2 fully saturated rings. The standard InChI is InChI=1S/C8H15NO2/c9-6-5-7(6)11-8-3-1-2-4-10-8/h6-8H,1-5,9H2/t6-,7+,8+/m0/s1. The molecule has 1 aliphatic heterocycles. The third-order valence-electron chi connectivity index (χ3n) is 2.24. The van der Waals surface area contributed by atoms with Crippen molar-refractivity contribution in [2.24, 2.45) is 5.73 Å². The Morgan fingerprint density at radius 3 is 2.73 bits per heavy atom. The van der Waals surface area contributed by atoms with E-state index in [4.69, 9.17) is 15.2 Å². The van der Waals surface area contributed by atoms with Gasteiger partial charge in [-0.1, -0.05) is 0 Å². The summed E-state index contributed by atoms with van der Waals surface area (Å²) in [5.74, 6) is 0. The SMILES string of the molecule is N[C@H]1C[C@H]1O[C@@H]1CCCCO1. The molecule has 3 nitrogen and oxygen atoms in total. The van der Waals surface area contributed by atoms with Crippen molar-refractivity contribution >= 4 is 0 Å². The topological polar surface area (TPSA) is 44.5 Å². The second-order valence-corrected chi connectivity index (χ2v) is 3.37. The Balaban J connectivity index is 1.68. The van der Waals surface area contributed by atoms with Crippen LogP contribution >= 0.6 is 0 Å². The van der Waals surface area contributed by atoms with Crippen LogP contribution in [0.5, 0.6) is 0 Å². The van der Waals surface area contributed by atoms with E-state index in [1.165, 1.54) is 12.8 Å². The van der Waals surface area contributed by atoms with Crippen LogP contribution in [0, 0.1) is 0 Å². The molecule has 3 atom stereocenters. The van der Waals surface area contributed by atoms with Crippen LogP contribution in [0.1, 0.15) is 25.7 Å². The second kappa shape index (κ2) is 3.09. The van der Waals surface area contributed by atoms with E-state index in [0.717, 1.165) is 19.4 Å². The molecule has 2 N–H and O–H groups in total. The predicted octanol–water partition coefficient (Wildman–Crippen LogP) is 0.629. The van der Waals surface area contributed by atoms with Gasteiger partial charge in [0.15, 0.2) is 6.29 Å². The molecule has 0 bridgehead atoms. The van der Waals surface area contributed by atoms with Crippen molar-refractivity contribution in [1.29, 1.82) is 0 Å². The number of hydrogen-bond acceptors (Lipinski definition) is 3. The Bertz CT molecular complexity index is 134. The van der Waals surface area contributed by atoms with Crippen LogP contribution in [0.15, 0.2) is 0 Å². The molecule has 0 spiro atoms. The van der Waals surface area contributed by atoms with E-state index in [2.05, 4.69) is 0 Å². The summed E-state index contributed by atoms with van der Waals surface area (Å²) in [5, 5.41) is 0. The average Bonchev–Trinajstić information content (AvgIpc) is 2.69. The number of ether oxygens (including phenoxy) is 2. The van der Waals surface area contributed by atoms with E-state index < -0.39 is 0 Å². The molecule has 0 radical (unpaired) electrons. The summed E-state index contributed by atoms with van der Waals surface area (Å²) in [6.07, 6.45) is 4.80. The zero-order valence-electron chi connectivity index (χ0n) is 6.66. The van der Waals surface area contributed by atoms with E-state index >= 15 is 0 Å². The van der Waals surface area contributed by atoms with Gasteiger partial charge in [-0.25, -0.2) is 0 Å². The zero-order valence-corrected chi connectivity index (χ0v) is 6.66. The van der Waals surface area contributed by atoms with Gasteiger partial charge in [0.05, 0.1) is 6.10 Å². The Morgan fingerprint density at radius 1 is 1.36 bits per heavy atom. The summed E-state index contributed by atoms with van der Waals surface area (Å²) in [5.41, 5.74) is 5.60. The molecular weight excluding hydrogens is 142 g/mol. The average molecular weight is 157 g/mol. The molecule has 3 heteroatoms. The fourth-order valence-corrected chi connectivity index (χ4v) is 1.36. The summed E-state index contributed by atoms with van der Waals surface area (Å²) in [7, 11) is 0. The molecule has 0 aromatic heterocycles. The van der Waals surface area contributed by atoms with Crippen LogP contribution in [-0.2, 0) is 9.47 Å². The van der Waals surface area contributed by atoms with Crippen LogP contribution in [-0.4, -0.2) is 25.0 Å². The minimum absolute atomic E-state index is 0.0438. The van der Waals surface area contributed by atoms with Crippen molar-refractivity contribution in [2.75, 3.05) is 6.61 Å². The summed E-state index contributed by atoms with van der Waals surface area (Å²) >= 11 is 0. The smallest absolute Gasteiger partial charge is 0.158 e. The van der Waals surface area contributed by atoms with E-state index in [9.17, 15) is 0 Å². The molecule has 1 saturated carbocycles. The number of nitrogens with two attached hydrogens (primary N) is 1. The predicted molar refractivity (Wildman–Crippen MR) is 41.1 cm³/mol. The molecule has 1 aliphatic carbocycles. The van der Waals surface area contributed by atoms with Gasteiger partial charge < -0.3 is 15.2 Å². The second-order valence-electron chi connectivity index (χ2n) is 3.37. The Labute approximate surface area is 66.8 Å². The summed E-state index contributed by atoms with van der Waals surface area (Å²) < 4.78 is 11.0. The Hall–Kier alpha value is -0.120. The highest BCUT2D eigenvalue weighted by Crippen LogP contribution is 2.27. The van der Waals surface area contributed by atoms with Gasteiger partial charge in [-0.2, -0.15) is 0 Å². The third-order valence-corrected chi connectivity index (χ3v) is 2.24. The monoisotopic (exact) mass is 157 g/mol. The minimum atomic E-state index is 0.0438. The highest BCUT2D eigenvalue weighted by atomic mass is 16.7. The maximum absolute atomic E-state index is 5.60. The van der Waals surface area contributed by atoms with Crippen LogP contribution in [0.2, 0.25) is 0 Å². The quantitative estimate of drug-likeness (QED) is 0.639. The summed E-state index contributed by atoms with van der Waals surface area (Å²) in [4.78, 5) is 0. The van der Waals surface area contributed by atoms with Crippen molar-refractivity contribution in [1.82, 2.24) is 0 Å². The molecule has 64 valence electrons. The number of rotatable bonds is 2. The van der Waals surface area contributed by atoms with Gasteiger partial charge in [-0.3, -0.25) is 0 Å². The third kappa shape index (κ3) is 1.92.